The zero-order chi connectivity index (χ0) is 20.3. The van der Waals surface area contributed by atoms with Crippen LogP contribution in [0, 0.1) is 19.3 Å². The number of aromatic nitrogens is 2. The van der Waals surface area contributed by atoms with Gasteiger partial charge in [0.25, 0.3) is 5.91 Å². The van der Waals surface area contributed by atoms with Crippen LogP contribution in [0.2, 0.25) is 0 Å². The number of amides is 1. The summed E-state index contributed by atoms with van der Waals surface area (Å²) in [4.78, 5) is 17.5. The van der Waals surface area contributed by atoms with Crippen molar-refractivity contribution in [2.45, 2.75) is 47.6 Å². The molecule has 0 radical (unpaired) electrons. The van der Waals surface area contributed by atoms with E-state index in [1.165, 1.54) is 6.42 Å². The van der Waals surface area contributed by atoms with Gasteiger partial charge in [-0.1, -0.05) is 32.9 Å². The van der Waals surface area contributed by atoms with E-state index in [-0.39, 0.29) is 5.91 Å². The molecule has 0 unspecified atom stereocenters. The third-order valence-electron chi connectivity index (χ3n) is 5.45. The molecule has 2 heterocycles. The molecular formula is C23H34N4O. The van der Waals surface area contributed by atoms with Gasteiger partial charge in [0, 0.05) is 37.4 Å². The average Bonchev–Trinajstić information content (AvgIpc) is 2.96. The monoisotopic (exact) mass is 382 g/mol. The second-order valence-corrected chi connectivity index (χ2v) is 9.23. The molecule has 2 aromatic rings. The molecule has 0 saturated carbocycles. The summed E-state index contributed by atoms with van der Waals surface area (Å²) in [5.41, 5.74) is 4.41. The molecule has 1 amide bonds. The van der Waals surface area contributed by atoms with Crippen molar-refractivity contribution >= 4 is 5.91 Å². The largest absolute Gasteiger partial charge is 0.336 e. The molecule has 0 spiro atoms. The van der Waals surface area contributed by atoms with Crippen LogP contribution in [0.5, 0.6) is 0 Å². The van der Waals surface area contributed by atoms with Crippen molar-refractivity contribution in [1.29, 1.82) is 0 Å². The van der Waals surface area contributed by atoms with E-state index in [4.69, 9.17) is 0 Å². The van der Waals surface area contributed by atoms with E-state index in [1.54, 1.807) is 0 Å². The summed E-state index contributed by atoms with van der Waals surface area (Å²) in [6.07, 6.45) is 1.19. The first-order valence-corrected chi connectivity index (χ1v) is 10.3. The smallest absolute Gasteiger partial charge is 0.253 e. The Morgan fingerprint density at radius 1 is 1.07 bits per heavy atom. The molecular weight excluding hydrogens is 348 g/mol. The van der Waals surface area contributed by atoms with E-state index >= 15 is 0 Å². The Labute approximate surface area is 169 Å². The van der Waals surface area contributed by atoms with Crippen molar-refractivity contribution in [3.8, 4) is 0 Å². The lowest BCUT2D eigenvalue weighted by atomic mass is 9.92. The molecule has 0 N–H and O–H groups in total. The number of hydrogen-bond acceptors (Lipinski definition) is 3. The van der Waals surface area contributed by atoms with E-state index < -0.39 is 0 Å². The Bertz CT molecular complexity index is 810. The van der Waals surface area contributed by atoms with Crippen molar-refractivity contribution in [1.82, 2.24) is 19.6 Å². The fourth-order valence-electron chi connectivity index (χ4n) is 3.66. The van der Waals surface area contributed by atoms with Crippen molar-refractivity contribution in [3.05, 3.63) is 52.8 Å². The number of hydrogen-bond donors (Lipinski definition) is 0. The predicted octanol–water partition coefficient (Wildman–Crippen LogP) is 3.74. The van der Waals surface area contributed by atoms with E-state index in [0.29, 0.717) is 12.0 Å². The van der Waals surface area contributed by atoms with Crippen LogP contribution in [0.25, 0.3) is 0 Å². The molecule has 3 rings (SSSR count). The number of nitrogens with zero attached hydrogens (tertiary/aromatic N) is 4. The summed E-state index contributed by atoms with van der Waals surface area (Å²) in [6, 6.07) is 10.1. The highest BCUT2D eigenvalue weighted by molar-refractivity contribution is 5.94. The van der Waals surface area contributed by atoms with Gasteiger partial charge in [0.05, 0.1) is 12.2 Å². The van der Waals surface area contributed by atoms with Crippen LogP contribution in [0.3, 0.4) is 0 Å². The summed E-state index contributed by atoms with van der Waals surface area (Å²) < 4.78 is 1.99. The van der Waals surface area contributed by atoms with Crippen LogP contribution in [0.4, 0.5) is 0 Å². The number of aryl methyl sites for hydroxylation is 2. The first kappa shape index (κ1) is 20.6. The SMILES string of the molecule is Cc1cc(C)n(Cc2cccc(C(=O)N3CCN(CCC(C)(C)C)CC3)c2)n1. The molecule has 5 heteroatoms. The van der Waals surface area contributed by atoms with Gasteiger partial charge in [0.15, 0.2) is 0 Å². The van der Waals surface area contributed by atoms with Gasteiger partial charge in [0.1, 0.15) is 0 Å². The Morgan fingerprint density at radius 2 is 1.79 bits per heavy atom. The summed E-state index contributed by atoms with van der Waals surface area (Å²) in [5.74, 6) is 0.144. The second-order valence-electron chi connectivity index (χ2n) is 9.23. The molecule has 1 aliphatic rings. The maximum Gasteiger partial charge on any atom is 0.253 e. The van der Waals surface area contributed by atoms with Crippen molar-refractivity contribution in [2.24, 2.45) is 5.41 Å². The Morgan fingerprint density at radius 3 is 2.39 bits per heavy atom. The molecule has 28 heavy (non-hydrogen) atoms. The van der Waals surface area contributed by atoms with Gasteiger partial charge in [-0.05, 0) is 56.0 Å². The van der Waals surface area contributed by atoms with Gasteiger partial charge in [-0.2, -0.15) is 5.10 Å². The first-order chi connectivity index (χ1) is 13.2. The molecule has 5 nitrogen and oxygen atoms in total. The fraction of sp³-hybridized carbons (Fsp3) is 0.565. The average molecular weight is 383 g/mol. The van der Waals surface area contributed by atoms with Crippen molar-refractivity contribution < 1.29 is 4.79 Å². The van der Waals surface area contributed by atoms with Crippen LogP contribution in [0.1, 0.15) is 54.5 Å². The fourth-order valence-corrected chi connectivity index (χ4v) is 3.66. The number of benzene rings is 1. The minimum absolute atomic E-state index is 0.144. The first-order valence-electron chi connectivity index (χ1n) is 10.3. The Balaban J connectivity index is 1.58. The molecule has 1 aromatic heterocycles. The lowest BCUT2D eigenvalue weighted by molar-refractivity contribution is 0.0623. The molecule has 1 aromatic carbocycles. The number of carbonyl (C=O) groups is 1. The van der Waals surface area contributed by atoms with Crippen LogP contribution in [-0.4, -0.2) is 58.2 Å². The van der Waals surface area contributed by atoms with Gasteiger partial charge in [-0.25, -0.2) is 0 Å². The second kappa shape index (κ2) is 8.48. The lowest BCUT2D eigenvalue weighted by Crippen LogP contribution is -2.49. The highest BCUT2D eigenvalue weighted by Gasteiger charge is 2.23. The molecule has 0 bridgehead atoms. The Kier molecular flexibility index (Phi) is 6.23. The highest BCUT2D eigenvalue weighted by Crippen LogP contribution is 2.20. The summed E-state index contributed by atoms with van der Waals surface area (Å²) in [5, 5.41) is 4.53. The van der Waals surface area contributed by atoms with Gasteiger partial charge in [-0.15, -0.1) is 0 Å². The third-order valence-corrected chi connectivity index (χ3v) is 5.45. The van der Waals surface area contributed by atoms with Crippen molar-refractivity contribution in [3.63, 3.8) is 0 Å². The highest BCUT2D eigenvalue weighted by atomic mass is 16.2. The van der Waals surface area contributed by atoms with Crippen LogP contribution < -0.4 is 0 Å². The normalized spacial score (nSPS) is 15.8. The van der Waals surface area contributed by atoms with Gasteiger partial charge in [-0.3, -0.25) is 14.4 Å². The minimum atomic E-state index is 0.144. The summed E-state index contributed by atoms with van der Waals surface area (Å²) in [6.45, 7) is 16.3. The molecule has 1 fully saturated rings. The van der Waals surface area contributed by atoms with E-state index in [1.807, 2.05) is 34.7 Å². The molecule has 1 aliphatic heterocycles. The lowest BCUT2D eigenvalue weighted by Gasteiger charge is -2.36. The predicted molar refractivity (Wildman–Crippen MR) is 114 cm³/mol. The maximum absolute atomic E-state index is 13.0. The molecule has 0 atom stereocenters. The number of carbonyl (C=O) groups excluding carboxylic acids is 1. The van der Waals surface area contributed by atoms with Gasteiger partial charge >= 0.3 is 0 Å². The molecule has 152 valence electrons. The van der Waals surface area contributed by atoms with E-state index in [9.17, 15) is 4.79 Å². The zero-order valence-corrected chi connectivity index (χ0v) is 18.0. The van der Waals surface area contributed by atoms with Crippen LogP contribution in [-0.2, 0) is 6.54 Å². The quantitative estimate of drug-likeness (QED) is 0.791. The van der Waals surface area contributed by atoms with E-state index in [2.05, 4.69) is 49.8 Å². The third kappa shape index (κ3) is 5.44. The topological polar surface area (TPSA) is 41.4 Å². The maximum atomic E-state index is 13.0. The number of rotatable bonds is 5. The van der Waals surface area contributed by atoms with Crippen molar-refractivity contribution in [2.75, 3.05) is 32.7 Å². The standard InChI is InChI=1S/C23H34N4O/c1-18-15-19(2)27(24-18)17-20-7-6-8-21(16-20)22(28)26-13-11-25(12-14-26)10-9-23(3,4)5/h6-8,15-16H,9-14,17H2,1-5H3. The summed E-state index contributed by atoms with van der Waals surface area (Å²) in [7, 11) is 0. The van der Waals surface area contributed by atoms with Crippen LogP contribution in [0.15, 0.2) is 30.3 Å². The minimum Gasteiger partial charge on any atom is -0.336 e. The van der Waals surface area contributed by atoms with Gasteiger partial charge in [0.2, 0.25) is 0 Å². The Hall–Kier alpha value is -2.14. The molecule has 0 aliphatic carbocycles. The van der Waals surface area contributed by atoms with Gasteiger partial charge < -0.3 is 4.90 Å². The zero-order valence-electron chi connectivity index (χ0n) is 18.0. The summed E-state index contributed by atoms with van der Waals surface area (Å²) >= 11 is 0. The van der Waals surface area contributed by atoms with Crippen LogP contribution >= 0.6 is 0 Å². The molecule has 1 saturated heterocycles. The number of piperazine rings is 1. The van der Waals surface area contributed by atoms with E-state index in [0.717, 1.165) is 55.2 Å².